The van der Waals surface area contributed by atoms with Crippen molar-refractivity contribution in [2.45, 2.75) is 18.4 Å². The summed E-state index contributed by atoms with van der Waals surface area (Å²) < 4.78 is 1.83. The van der Waals surface area contributed by atoms with Crippen molar-refractivity contribution in [3.8, 4) is 0 Å². The fourth-order valence-electron chi connectivity index (χ4n) is 1.24. The van der Waals surface area contributed by atoms with E-state index >= 15 is 0 Å². The van der Waals surface area contributed by atoms with Gasteiger partial charge in [-0.3, -0.25) is 4.79 Å². The molecule has 1 unspecified atom stereocenters. The summed E-state index contributed by atoms with van der Waals surface area (Å²) in [6.07, 6.45) is 3.34. The Labute approximate surface area is 78.8 Å². The van der Waals surface area contributed by atoms with Crippen molar-refractivity contribution in [2.75, 3.05) is 0 Å². The van der Waals surface area contributed by atoms with Gasteiger partial charge in [-0.2, -0.15) is 0 Å². The Bertz CT molecular complexity index is 205. The van der Waals surface area contributed by atoms with Crippen LogP contribution in [0.1, 0.15) is 12.8 Å². The summed E-state index contributed by atoms with van der Waals surface area (Å²) in [6.45, 7) is 0. The topological polar surface area (TPSA) is 63.3 Å². The van der Waals surface area contributed by atoms with E-state index in [4.69, 9.17) is 10.8 Å². The first-order chi connectivity index (χ1) is 5.11. The fraction of sp³-hybridized carbons (Fsp3) is 0.571. The lowest BCUT2D eigenvalue weighted by Gasteiger charge is -2.41. The molecule has 0 aromatic carbocycles. The van der Waals surface area contributed by atoms with Crippen LogP contribution < -0.4 is 5.73 Å². The van der Waals surface area contributed by atoms with Crippen LogP contribution in [-0.4, -0.2) is 16.6 Å². The van der Waals surface area contributed by atoms with Gasteiger partial charge in [-0.25, -0.2) is 0 Å². The van der Waals surface area contributed by atoms with Crippen molar-refractivity contribution < 1.29 is 9.90 Å². The van der Waals surface area contributed by atoms with E-state index in [2.05, 4.69) is 22.6 Å². The maximum Gasteiger partial charge on any atom is 0.324 e. The van der Waals surface area contributed by atoms with Gasteiger partial charge in [0.1, 0.15) is 5.54 Å². The lowest BCUT2D eigenvalue weighted by molar-refractivity contribution is -0.149. The largest absolute Gasteiger partial charge is 0.480 e. The van der Waals surface area contributed by atoms with Gasteiger partial charge in [-0.05, 0) is 16.9 Å². The Morgan fingerprint density at radius 3 is 2.73 bits per heavy atom. The molecular weight excluding hydrogens is 253 g/mol. The van der Waals surface area contributed by atoms with Gasteiger partial charge < -0.3 is 10.8 Å². The third-order valence-corrected chi connectivity index (χ3v) is 2.65. The number of rotatable bonds is 2. The highest BCUT2D eigenvalue weighted by Crippen LogP contribution is 2.37. The Hall–Kier alpha value is -0.100. The number of halogens is 1. The van der Waals surface area contributed by atoms with Gasteiger partial charge >= 0.3 is 5.97 Å². The number of carbonyl (C=O) groups is 1. The Morgan fingerprint density at radius 1 is 1.82 bits per heavy atom. The average Bonchev–Trinajstić information content (AvgIpc) is 1.96. The van der Waals surface area contributed by atoms with Crippen LogP contribution in [0.15, 0.2) is 10.2 Å². The molecule has 0 spiro atoms. The lowest BCUT2D eigenvalue weighted by atomic mass is 9.67. The number of carboxylic acid groups (broad SMARTS) is 1. The molecule has 1 aliphatic rings. The van der Waals surface area contributed by atoms with Crippen molar-refractivity contribution in [1.82, 2.24) is 0 Å². The van der Waals surface area contributed by atoms with Gasteiger partial charge in [-0.1, -0.05) is 28.7 Å². The van der Waals surface area contributed by atoms with Crippen LogP contribution in [0.2, 0.25) is 0 Å². The normalized spacial score (nSPS) is 37.1. The standard InChI is InChI=1S/C7H10INO2/c8-4-2-5-1-3-7(5,9)6(10)11/h2,4-5H,1,3,9H2,(H,10,11)/t5?,7-/m0/s1/i8-4. The van der Waals surface area contributed by atoms with Crippen molar-refractivity contribution in [3.05, 3.63) is 10.2 Å². The second kappa shape index (κ2) is 3.10. The molecule has 0 heterocycles. The highest BCUT2D eigenvalue weighted by Gasteiger charge is 2.48. The summed E-state index contributed by atoms with van der Waals surface area (Å²) >= 11 is 2.07. The molecule has 0 amide bonds. The lowest BCUT2D eigenvalue weighted by Crippen LogP contribution is -2.60. The molecule has 62 valence electrons. The first-order valence-corrected chi connectivity index (χ1v) is 4.65. The first kappa shape index (κ1) is 8.99. The Balaban J connectivity index is 2.67. The molecule has 4 heteroatoms. The van der Waals surface area contributed by atoms with Crippen LogP contribution in [0.4, 0.5) is 0 Å². The minimum Gasteiger partial charge on any atom is -0.480 e. The van der Waals surface area contributed by atoms with Gasteiger partial charge in [0, 0.05) is 5.92 Å². The smallest absolute Gasteiger partial charge is 0.324 e. The zero-order chi connectivity index (χ0) is 8.48. The molecule has 0 saturated heterocycles. The molecular formula is C7H10INO2. The third-order valence-electron chi connectivity index (χ3n) is 2.23. The number of carboxylic acids is 1. The third kappa shape index (κ3) is 1.41. The van der Waals surface area contributed by atoms with E-state index in [0.717, 1.165) is 6.42 Å². The predicted molar refractivity (Wildman–Crippen MR) is 50.4 cm³/mol. The van der Waals surface area contributed by atoms with Crippen LogP contribution in [-0.2, 0) is 4.79 Å². The fourth-order valence-corrected chi connectivity index (χ4v) is 1.74. The molecule has 1 fully saturated rings. The zero-order valence-corrected chi connectivity index (χ0v) is 8.11. The number of aliphatic carboxylic acids is 1. The van der Waals surface area contributed by atoms with Crippen molar-refractivity contribution in [1.29, 1.82) is 0 Å². The van der Waals surface area contributed by atoms with Crippen molar-refractivity contribution in [3.63, 3.8) is 0 Å². The molecule has 3 N–H and O–H groups in total. The van der Waals surface area contributed by atoms with E-state index in [1.807, 2.05) is 10.2 Å². The number of nitrogens with two attached hydrogens (primary N) is 1. The second-order valence-corrected chi connectivity index (χ2v) is 3.53. The highest BCUT2D eigenvalue weighted by molar-refractivity contribution is 14.1. The highest BCUT2D eigenvalue weighted by atomic mass is 123. The summed E-state index contributed by atoms with van der Waals surface area (Å²) in [4.78, 5) is 10.6. The maximum absolute atomic E-state index is 10.6. The van der Waals surface area contributed by atoms with Crippen LogP contribution in [0.5, 0.6) is 0 Å². The Kier molecular flexibility index (Phi) is 2.54. The quantitative estimate of drug-likeness (QED) is 0.734. The summed E-state index contributed by atoms with van der Waals surface area (Å²) in [6, 6.07) is 0. The van der Waals surface area contributed by atoms with Crippen LogP contribution in [0, 0.1) is 5.92 Å². The van der Waals surface area contributed by atoms with Gasteiger partial charge in [-0.15, -0.1) is 0 Å². The first-order valence-electron chi connectivity index (χ1n) is 3.40. The molecule has 0 aromatic heterocycles. The van der Waals surface area contributed by atoms with E-state index in [9.17, 15) is 4.79 Å². The molecule has 3 nitrogen and oxygen atoms in total. The number of hydrogen-bond acceptors (Lipinski definition) is 2. The monoisotopic (exact) mass is 263 g/mol. The van der Waals surface area contributed by atoms with Crippen molar-refractivity contribution in [2.24, 2.45) is 11.7 Å². The summed E-state index contributed by atoms with van der Waals surface area (Å²) in [5, 5.41) is 8.73. The molecule has 0 radical (unpaired) electrons. The van der Waals surface area contributed by atoms with E-state index in [1.165, 1.54) is 0 Å². The number of hydrogen-bond donors (Lipinski definition) is 2. The molecule has 0 bridgehead atoms. The second-order valence-electron chi connectivity index (χ2n) is 2.81. The SMILES string of the molecule is N[C@@]1(C(=O)O)CCC1C=C[123I]. The van der Waals surface area contributed by atoms with Gasteiger partial charge in [0.2, 0.25) is 0 Å². The minimum atomic E-state index is -0.984. The van der Waals surface area contributed by atoms with Gasteiger partial charge in [0.25, 0.3) is 0 Å². The molecule has 1 saturated carbocycles. The maximum atomic E-state index is 10.6. The molecule has 0 aliphatic heterocycles. The zero-order valence-electron chi connectivity index (χ0n) is 5.96. The predicted octanol–water partition coefficient (Wildman–Crippen LogP) is 1.13. The van der Waals surface area contributed by atoms with Crippen LogP contribution in [0.25, 0.3) is 0 Å². The van der Waals surface area contributed by atoms with E-state index in [0.29, 0.717) is 6.42 Å². The van der Waals surface area contributed by atoms with Crippen LogP contribution in [0.3, 0.4) is 0 Å². The minimum absolute atomic E-state index is 0.0249. The average molecular weight is 263 g/mol. The summed E-state index contributed by atoms with van der Waals surface area (Å²) in [5.74, 6) is -0.861. The molecule has 11 heavy (non-hydrogen) atoms. The van der Waals surface area contributed by atoms with Gasteiger partial charge in [0.05, 0.1) is 0 Å². The molecule has 2 atom stereocenters. The van der Waals surface area contributed by atoms with Crippen LogP contribution >= 0.6 is 22.6 Å². The van der Waals surface area contributed by atoms with Gasteiger partial charge in [0.15, 0.2) is 0 Å². The van der Waals surface area contributed by atoms with E-state index in [-0.39, 0.29) is 5.92 Å². The van der Waals surface area contributed by atoms with E-state index in [1.54, 1.807) is 0 Å². The summed E-state index contributed by atoms with van der Waals surface area (Å²) in [7, 11) is 0. The molecule has 1 aliphatic carbocycles. The molecule has 1 rings (SSSR count). The molecule has 0 aromatic rings. The Morgan fingerprint density at radius 2 is 2.45 bits per heavy atom. The summed E-state index contributed by atoms with van der Waals surface area (Å²) in [5.41, 5.74) is 4.64. The van der Waals surface area contributed by atoms with Crippen molar-refractivity contribution >= 4 is 28.6 Å². The van der Waals surface area contributed by atoms with E-state index < -0.39 is 11.5 Å².